The number of carbonyl (C=O) groups excluding carboxylic acids is 1. The van der Waals surface area contributed by atoms with Crippen LogP contribution in [0.25, 0.3) is 11.0 Å². The number of hydrogen-bond donors (Lipinski definition) is 0. The summed E-state index contributed by atoms with van der Waals surface area (Å²) in [6.07, 6.45) is 0.0187. The molecule has 0 spiro atoms. The molecule has 1 aromatic heterocycles. The third kappa shape index (κ3) is 2.44. The van der Waals surface area contributed by atoms with Gasteiger partial charge in [0.15, 0.2) is 0 Å². The van der Waals surface area contributed by atoms with Crippen LogP contribution in [0.2, 0.25) is 0 Å². The molecule has 0 N–H and O–H groups in total. The van der Waals surface area contributed by atoms with Crippen LogP contribution in [0.4, 0.5) is 0 Å². The third-order valence-electron chi connectivity index (χ3n) is 4.74. The molecule has 0 bridgehead atoms. The van der Waals surface area contributed by atoms with E-state index in [9.17, 15) is 9.59 Å². The monoisotopic (exact) mass is 314 g/mol. The second kappa shape index (κ2) is 5.47. The van der Waals surface area contributed by atoms with Gasteiger partial charge in [-0.05, 0) is 19.2 Å². The molecule has 0 aliphatic carbocycles. The number of carbonyl (C=O) groups is 1. The fourth-order valence-electron chi connectivity index (χ4n) is 3.40. The summed E-state index contributed by atoms with van der Waals surface area (Å²) in [4.78, 5) is 28.8. The second-order valence-corrected chi connectivity index (χ2v) is 6.15. The van der Waals surface area contributed by atoms with Gasteiger partial charge in [-0.3, -0.25) is 9.69 Å². The van der Waals surface area contributed by atoms with Gasteiger partial charge in [0.2, 0.25) is 0 Å². The zero-order chi connectivity index (χ0) is 16.0. The zero-order valence-electron chi connectivity index (χ0n) is 12.9. The summed E-state index contributed by atoms with van der Waals surface area (Å²) in [7, 11) is 2.04. The molecular formula is C17H18N2O4. The van der Waals surface area contributed by atoms with Gasteiger partial charge in [0, 0.05) is 25.0 Å². The van der Waals surface area contributed by atoms with Gasteiger partial charge in [0.1, 0.15) is 11.1 Å². The number of benzene rings is 1. The van der Waals surface area contributed by atoms with Gasteiger partial charge in [-0.1, -0.05) is 18.2 Å². The molecule has 0 radical (unpaired) electrons. The van der Waals surface area contributed by atoms with Crippen molar-refractivity contribution in [3.8, 4) is 0 Å². The van der Waals surface area contributed by atoms with Gasteiger partial charge in [-0.25, -0.2) is 4.79 Å². The maximum Gasteiger partial charge on any atom is 0.349 e. The Hall–Kier alpha value is -2.18. The van der Waals surface area contributed by atoms with E-state index in [1.807, 2.05) is 19.2 Å². The van der Waals surface area contributed by atoms with Crippen LogP contribution >= 0.6 is 0 Å². The summed E-state index contributed by atoms with van der Waals surface area (Å²) in [6.45, 7) is 2.63. The largest absolute Gasteiger partial charge is 0.422 e. The summed E-state index contributed by atoms with van der Waals surface area (Å²) < 4.78 is 11.0. The molecule has 120 valence electrons. The minimum atomic E-state index is -0.585. The van der Waals surface area contributed by atoms with E-state index >= 15 is 0 Å². The lowest BCUT2D eigenvalue weighted by Crippen LogP contribution is -2.48. The van der Waals surface area contributed by atoms with E-state index in [0.717, 1.165) is 11.9 Å². The Morgan fingerprint density at radius 1 is 1.26 bits per heavy atom. The molecule has 0 saturated carbocycles. The molecule has 2 fully saturated rings. The molecule has 6 heteroatoms. The summed E-state index contributed by atoms with van der Waals surface area (Å²) in [5, 5.41) is 0.750. The Balaban J connectivity index is 1.65. The fourth-order valence-corrected chi connectivity index (χ4v) is 3.40. The maximum atomic E-state index is 12.8. The Bertz CT molecular complexity index is 816. The smallest absolute Gasteiger partial charge is 0.349 e. The van der Waals surface area contributed by atoms with Gasteiger partial charge in [-0.2, -0.15) is 0 Å². The van der Waals surface area contributed by atoms with Crippen LogP contribution in [-0.2, 0) is 4.74 Å². The van der Waals surface area contributed by atoms with Crippen molar-refractivity contribution in [3.63, 3.8) is 0 Å². The summed E-state index contributed by atoms with van der Waals surface area (Å²) in [5.74, 6) is -0.282. The van der Waals surface area contributed by atoms with Crippen LogP contribution in [0.5, 0.6) is 0 Å². The first kappa shape index (κ1) is 14.4. The van der Waals surface area contributed by atoms with Crippen molar-refractivity contribution in [1.29, 1.82) is 0 Å². The van der Waals surface area contributed by atoms with E-state index < -0.39 is 5.63 Å². The SMILES string of the molecule is CN1CCO[C@@H]2CN(C(=O)c3cc4ccccc4oc3=O)C[C@@H]21. The number of morpholine rings is 1. The molecule has 2 saturated heterocycles. The fraction of sp³-hybridized carbons (Fsp3) is 0.412. The van der Waals surface area contributed by atoms with Crippen molar-refractivity contribution in [3.05, 3.63) is 46.3 Å². The Labute approximate surface area is 133 Å². The molecule has 0 unspecified atom stereocenters. The topological polar surface area (TPSA) is 63.0 Å². The lowest BCUT2D eigenvalue weighted by molar-refractivity contribution is -0.0368. The highest BCUT2D eigenvalue weighted by atomic mass is 16.5. The lowest BCUT2D eigenvalue weighted by atomic mass is 10.1. The number of ether oxygens (including phenoxy) is 1. The number of para-hydroxylation sites is 1. The average molecular weight is 314 g/mol. The number of fused-ring (bicyclic) bond motifs is 2. The standard InChI is InChI=1S/C17H18N2O4/c1-18-6-7-22-15-10-19(9-13(15)18)16(20)12-8-11-4-2-3-5-14(11)23-17(12)21/h2-5,8,13,15H,6-7,9-10H2,1H3/t13-,15+/m0/s1. The normalized spacial score (nSPS) is 24.8. The predicted octanol–water partition coefficient (Wildman–Crippen LogP) is 0.948. The molecule has 6 nitrogen and oxygen atoms in total. The van der Waals surface area contributed by atoms with Crippen molar-refractivity contribution < 1.29 is 13.9 Å². The van der Waals surface area contributed by atoms with Crippen molar-refractivity contribution in [2.75, 3.05) is 33.3 Å². The molecule has 3 heterocycles. The Morgan fingerprint density at radius 2 is 2.09 bits per heavy atom. The van der Waals surface area contributed by atoms with Gasteiger partial charge in [-0.15, -0.1) is 0 Å². The third-order valence-corrected chi connectivity index (χ3v) is 4.74. The minimum Gasteiger partial charge on any atom is -0.422 e. The van der Waals surface area contributed by atoms with Crippen molar-refractivity contribution in [2.45, 2.75) is 12.1 Å². The minimum absolute atomic E-state index is 0.0187. The van der Waals surface area contributed by atoms with E-state index in [1.54, 1.807) is 23.1 Å². The number of nitrogens with zero attached hydrogens (tertiary/aromatic N) is 2. The van der Waals surface area contributed by atoms with E-state index in [1.165, 1.54) is 0 Å². The number of rotatable bonds is 1. The van der Waals surface area contributed by atoms with Crippen LogP contribution in [0.1, 0.15) is 10.4 Å². The highest BCUT2D eigenvalue weighted by molar-refractivity contribution is 5.96. The van der Waals surface area contributed by atoms with E-state index in [4.69, 9.17) is 9.15 Å². The molecule has 2 atom stereocenters. The first-order valence-corrected chi connectivity index (χ1v) is 7.77. The van der Waals surface area contributed by atoms with Crippen LogP contribution in [0.3, 0.4) is 0 Å². The number of amides is 1. The summed E-state index contributed by atoms with van der Waals surface area (Å²) >= 11 is 0. The molecular weight excluding hydrogens is 296 g/mol. The van der Waals surface area contributed by atoms with Crippen molar-refractivity contribution >= 4 is 16.9 Å². The number of likely N-dealkylation sites (tertiary alicyclic amines) is 1. The molecule has 23 heavy (non-hydrogen) atoms. The molecule has 2 aromatic rings. The first-order chi connectivity index (χ1) is 11.1. The van der Waals surface area contributed by atoms with Crippen molar-refractivity contribution in [2.24, 2.45) is 0 Å². The molecule has 2 aliphatic rings. The maximum absolute atomic E-state index is 12.8. The van der Waals surface area contributed by atoms with E-state index in [-0.39, 0.29) is 23.6 Å². The molecule has 1 aromatic carbocycles. The lowest BCUT2D eigenvalue weighted by Gasteiger charge is -2.33. The van der Waals surface area contributed by atoms with Gasteiger partial charge < -0.3 is 14.1 Å². The van der Waals surface area contributed by atoms with Gasteiger partial charge in [0.05, 0.1) is 18.8 Å². The highest BCUT2D eigenvalue weighted by Gasteiger charge is 2.41. The summed E-state index contributed by atoms with van der Waals surface area (Å²) in [6, 6.07) is 9.01. The zero-order valence-corrected chi connectivity index (χ0v) is 12.9. The predicted molar refractivity (Wildman–Crippen MR) is 84.5 cm³/mol. The van der Waals surface area contributed by atoms with Gasteiger partial charge >= 0.3 is 5.63 Å². The van der Waals surface area contributed by atoms with E-state index in [0.29, 0.717) is 25.3 Å². The van der Waals surface area contributed by atoms with Crippen LogP contribution < -0.4 is 5.63 Å². The molecule has 1 amide bonds. The van der Waals surface area contributed by atoms with Crippen LogP contribution in [0, 0.1) is 0 Å². The summed E-state index contributed by atoms with van der Waals surface area (Å²) in [5.41, 5.74) is -0.00458. The van der Waals surface area contributed by atoms with E-state index in [2.05, 4.69) is 4.90 Å². The van der Waals surface area contributed by atoms with Crippen LogP contribution in [0.15, 0.2) is 39.5 Å². The highest BCUT2D eigenvalue weighted by Crippen LogP contribution is 2.23. The molecule has 2 aliphatic heterocycles. The number of hydrogen-bond acceptors (Lipinski definition) is 5. The van der Waals surface area contributed by atoms with Crippen LogP contribution in [-0.4, -0.2) is 61.1 Å². The molecule has 4 rings (SSSR count). The number of likely N-dealkylation sites (N-methyl/N-ethyl adjacent to an activating group) is 1. The van der Waals surface area contributed by atoms with Crippen molar-refractivity contribution in [1.82, 2.24) is 9.80 Å². The Kier molecular flexibility index (Phi) is 3.43. The van der Waals surface area contributed by atoms with Gasteiger partial charge in [0.25, 0.3) is 5.91 Å². The second-order valence-electron chi connectivity index (χ2n) is 6.15. The Morgan fingerprint density at radius 3 is 2.91 bits per heavy atom. The average Bonchev–Trinajstić information content (AvgIpc) is 2.99. The quantitative estimate of drug-likeness (QED) is 0.733. The first-order valence-electron chi connectivity index (χ1n) is 7.77.